The summed E-state index contributed by atoms with van der Waals surface area (Å²) in [6.07, 6.45) is 0. The van der Waals surface area contributed by atoms with E-state index >= 15 is 0 Å². The summed E-state index contributed by atoms with van der Waals surface area (Å²) >= 11 is 6.24. The van der Waals surface area contributed by atoms with E-state index in [0.29, 0.717) is 5.02 Å². The summed E-state index contributed by atoms with van der Waals surface area (Å²) in [4.78, 5) is 25.0. The monoisotopic (exact) mass is 486 g/mol. The summed E-state index contributed by atoms with van der Waals surface area (Å²) in [5.74, 6) is -1.26. The highest BCUT2D eigenvalue weighted by Crippen LogP contribution is 2.28. The molecule has 0 saturated heterocycles. The Kier molecular flexibility index (Phi) is 7.40. The van der Waals surface area contributed by atoms with E-state index in [2.05, 4.69) is 5.32 Å². The third kappa shape index (κ3) is 5.53. The van der Waals surface area contributed by atoms with Crippen LogP contribution < -0.4 is 9.62 Å². The Morgan fingerprint density at radius 1 is 1.00 bits per heavy atom. The number of methoxy groups -OCH3 is 1. The number of esters is 1. The highest BCUT2D eigenvalue weighted by molar-refractivity contribution is 7.92. The third-order valence-corrected chi connectivity index (χ3v) is 7.14. The fourth-order valence-corrected chi connectivity index (χ4v) is 4.68. The van der Waals surface area contributed by atoms with Crippen molar-refractivity contribution in [3.05, 3.63) is 88.4 Å². The predicted molar refractivity (Wildman–Crippen MR) is 128 cm³/mol. The number of ether oxygens (including phenoxy) is 1. The number of carbonyl (C=O) groups is 2. The molecule has 1 N–H and O–H groups in total. The quantitative estimate of drug-likeness (QED) is 0.493. The van der Waals surface area contributed by atoms with Crippen LogP contribution in [-0.2, 0) is 19.6 Å². The van der Waals surface area contributed by atoms with Gasteiger partial charge in [0.2, 0.25) is 5.91 Å². The van der Waals surface area contributed by atoms with Crippen LogP contribution in [0, 0.1) is 13.8 Å². The van der Waals surface area contributed by atoms with E-state index in [1.165, 1.54) is 37.4 Å². The van der Waals surface area contributed by atoms with E-state index in [0.717, 1.165) is 15.4 Å². The van der Waals surface area contributed by atoms with E-state index < -0.39 is 28.4 Å². The van der Waals surface area contributed by atoms with Crippen molar-refractivity contribution >= 4 is 44.9 Å². The first-order chi connectivity index (χ1) is 15.6. The van der Waals surface area contributed by atoms with Crippen LogP contribution in [0.15, 0.2) is 71.6 Å². The molecule has 172 valence electrons. The number of nitrogens with zero attached hydrogens (tertiary/aromatic N) is 1. The van der Waals surface area contributed by atoms with E-state index in [1.54, 1.807) is 43.3 Å². The van der Waals surface area contributed by atoms with Crippen molar-refractivity contribution in [2.45, 2.75) is 18.7 Å². The molecule has 0 radical (unpaired) electrons. The zero-order valence-electron chi connectivity index (χ0n) is 18.3. The molecule has 7 nitrogen and oxygen atoms in total. The van der Waals surface area contributed by atoms with Crippen LogP contribution in [0.5, 0.6) is 0 Å². The lowest BCUT2D eigenvalue weighted by atomic mass is 10.2. The molecule has 0 spiro atoms. The minimum absolute atomic E-state index is 0.0348. The first-order valence-electron chi connectivity index (χ1n) is 9.96. The van der Waals surface area contributed by atoms with Crippen molar-refractivity contribution in [2.24, 2.45) is 0 Å². The molecule has 1 amide bonds. The minimum Gasteiger partial charge on any atom is -0.465 e. The molecular formula is C24H23ClN2O5S. The van der Waals surface area contributed by atoms with Crippen molar-refractivity contribution < 1.29 is 22.7 Å². The second kappa shape index (κ2) is 10.1. The number of hydrogen-bond acceptors (Lipinski definition) is 5. The van der Waals surface area contributed by atoms with Gasteiger partial charge in [-0.15, -0.1) is 0 Å². The van der Waals surface area contributed by atoms with Gasteiger partial charge in [0.15, 0.2) is 0 Å². The molecule has 0 heterocycles. The van der Waals surface area contributed by atoms with Gasteiger partial charge in [-0.25, -0.2) is 13.2 Å². The number of sulfonamides is 1. The Balaban J connectivity index is 1.98. The number of halogens is 1. The Bertz CT molecular complexity index is 1290. The smallest absolute Gasteiger partial charge is 0.339 e. The number of rotatable bonds is 7. The Labute approximate surface area is 198 Å². The van der Waals surface area contributed by atoms with Gasteiger partial charge in [0.05, 0.1) is 28.9 Å². The molecule has 0 bridgehead atoms. The number of amides is 1. The van der Waals surface area contributed by atoms with Gasteiger partial charge in [0, 0.05) is 5.02 Å². The molecule has 0 aliphatic carbocycles. The second-order valence-corrected chi connectivity index (χ2v) is 9.61. The number of nitrogens with one attached hydrogen (secondary N) is 1. The summed E-state index contributed by atoms with van der Waals surface area (Å²) in [6.45, 7) is 3.10. The highest BCUT2D eigenvalue weighted by atomic mass is 35.5. The van der Waals surface area contributed by atoms with E-state index in [1.807, 2.05) is 6.92 Å². The SMILES string of the molecule is COC(=O)c1ccccc1NC(=O)CN(c1ccc(C)c(Cl)c1)S(=O)(=O)c1ccc(C)cc1. The lowest BCUT2D eigenvalue weighted by Crippen LogP contribution is -2.38. The fourth-order valence-electron chi connectivity index (χ4n) is 3.09. The average Bonchev–Trinajstić information content (AvgIpc) is 2.79. The Morgan fingerprint density at radius 2 is 1.67 bits per heavy atom. The third-order valence-electron chi connectivity index (χ3n) is 4.95. The second-order valence-electron chi connectivity index (χ2n) is 7.34. The van der Waals surface area contributed by atoms with Crippen LogP contribution >= 0.6 is 11.6 Å². The van der Waals surface area contributed by atoms with E-state index in [-0.39, 0.29) is 21.8 Å². The number of anilines is 2. The van der Waals surface area contributed by atoms with Crippen LogP contribution in [0.2, 0.25) is 5.02 Å². The first-order valence-corrected chi connectivity index (χ1v) is 11.8. The van der Waals surface area contributed by atoms with Crippen molar-refractivity contribution in [1.82, 2.24) is 0 Å². The molecule has 9 heteroatoms. The van der Waals surface area contributed by atoms with Gasteiger partial charge in [0.25, 0.3) is 10.0 Å². The number of aryl methyl sites for hydroxylation is 2. The molecule has 0 fully saturated rings. The maximum atomic E-state index is 13.5. The summed E-state index contributed by atoms with van der Waals surface area (Å²) in [7, 11) is -2.86. The van der Waals surface area contributed by atoms with Gasteiger partial charge in [-0.3, -0.25) is 9.10 Å². The largest absolute Gasteiger partial charge is 0.465 e. The maximum absolute atomic E-state index is 13.5. The number of para-hydroxylation sites is 1. The van der Waals surface area contributed by atoms with Crippen LogP contribution in [-0.4, -0.2) is 33.9 Å². The number of carbonyl (C=O) groups excluding carboxylic acids is 2. The number of benzene rings is 3. The molecule has 3 aromatic carbocycles. The molecule has 0 unspecified atom stereocenters. The van der Waals surface area contributed by atoms with Crippen LogP contribution in [0.25, 0.3) is 0 Å². The normalized spacial score (nSPS) is 11.0. The standard InChI is InChI=1S/C24H23ClN2O5S/c1-16-8-12-19(13-9-16)33(30,31)27(18-11-10-17(2)21(25)14-18)15-23(28)26-22-7-5-4-6-20(22)24(29)32-3/h4-14H,15H2,1-3H3,(H,26,28). The summed E-state index contributed by atoms with van der Waals surface area (Å²) < 4.78 is 32.7. The van der Waals surface area contributed by atoms with Crippen molar-refractivity contribution in [1.29, 1.82) is 0 Å². The molecule has 0 aliphatic heterocycles. The molecule has 3 rings (SSSR count). The summed E-state index contributed by atoms with van der Waals surface area (Å²) in [5, 5.41) is 2.97. The van der Waals surface area contributed by atoms with Gasteiger partial charge < -0.3 is 10.1 Å². The lowest BCUT2D eigenvalue weighted by Gasteiger charge is -2.25. The lowest BCUT2D eigenvalue weighted by molar-refractivity contribution is -0.114. The van der Waals surface area contributed by atoms with Crippen molar-refractivity contribution in [2.75, 3.05) is 23.3 Å². The molecule has 0 aliphatic rings. The Morgan fingerprint density at radius 3 is 2.30 bits per heavy atom. The van der Waals surface area contributed by atoms with Gasteiger partial charge >= 0.3 is 5.97 Å². The molecule has 0 saturated carbocycles. The van der Waals surface area contributed by atoms with E-state index in [4.69, 9.17) is 16.3 Å². The first kappa shape index (κ1) is 24.3. The Hall–Kier alpha value is -3.36. The topological polar surface area (TPSA) is 92.8 Å². The van der Waals surface area contributed by atoms with Crippen molar-refractivity contribution in [3.8, 4) is 0 Å². The van der Waals surface area contributed by atoms with Crippen LogP contribution in [0.3, 0.4) is 0 Å². The maximum Gasteiger partial charge on any atom is 0.339 e. The van der Waals surface area contributed by atoms with E-state index in [9.17, 15) is 18.0 Å². The molecular weight excluding hydrogens is 464 g/mol. The molecule has 33 heavy (non-hydrogen) atoms. The van der Waals surface area contributed by atoms with Crippen LogP contribution in [0.4, 0.5) is 11.4 Å². The van der Waals surface area contributed by atoms with Crippen molar-refractivity contribution in [3.63, 3.8) is 0 Å². The molecule has 0 atom stereocenters. The molecule has 3 aromatic rings. The zero-order chi connectivity index (χ0) is 24.2. The average molecular weight is 487 g/mol. The number of hydrogen-bond donors (Lipinski definition) is 1. The van der Waals surface area contributed by atoms with Gasteiger partial charge in [-0.2, -0.15) is 0 Å². The van der Waals surface area contributed by atoms with Crippen LogP contribution in [0.1, 0.15) is 21.5 Å². The highest BCUT2D eigenvalue weighted by Gasteiger charge is 2.28. The van der Waals surface area contributed by atoms with Gasteiger partial charge in [-0.1, -0.05) is 47.5 Å². The minimum atomic E-state index is -4.10. The zero-order valence-corrected chi connectivity index (χ0v) is 19.9. The molecule has 0 aromatic heterocycles. The summed E-state index contributed by atoms with van der Waals surface area (Å²) in [6, 6.07) is 17.4. The summed E-state index contributed by atoms with van der Waals surface area (Å²) in [5.41, 5.74) is 2.27. The predicted octanol–water partition coefficient (Wildman–Crippen LogP) is 4.58. The van der Waals surface area contributed by atoms with Gasteiger partial charge in [0.1, 0.15) is 6.54 Å². The van der Waals surface area contributed by atoms with Gasteiger partial charge in [-0.05, 0) is 55.8 Å². The fraction of sp³-hybridized carbons (Fsp3) is 0.167.